The molecular formula is C14H15N3O7. The molecule has 0 saturated carbocycles. The largest absolute Gasteiger partial charge is 0.481 e. The second-order valence-corrected chi connectivity index (χ2v) is 5.16. The zero-order valence-corrected chi connectivity index (χ0v) is 12.7. The highest BCUT2D eigenvalue weighted by Crippen LogP contribution is 2.34. The number of esters is 1. The lowest BCUT2D eigenvalue weighted by molar-refractivity contribution is -0.384. The highest BCUT2D eigenvalue weighted by molar-refractivity contribution is 5.97. The first-order chi connectivity index (χ1) is 11.3. The van der Waals surface area contributed by atoms with E-state index in [0.29, 0.717) is 0 Å². The quantitative estimate of drug-likeness (QED) is 0.421. The fraction of sp³-hybridized carbons (Fsp3) is 0.357. The van der Waals surface area contributed by atoms with E-state index in [0.717, 1.165) is 6.07 Å². The number of carboxylic acid groups (broad SMARTS) is 1. The molecule has 0 spiro atoms. The first-order valence-corrected chi connectivity index (χ1v) is 6.94. The van der Waals surface area contributed by atoms with Gasteiger partial charge in [0.05, 0.1) is 18.0 Å². The molecule has 1 amide bonds. The molecule has 24 heavy (non-hydrogen) atoms. The predicted octanol–water partition coefficient (Wildman–Crippen LogP) is 0.0184. The Morgan fingerprint density at radius 2 is 2.08 bits per heavy atom. The monoisotopic (exact) mass is 337 g/mol. The predicted molar refractivity (Wildman–Crippen MR) is 80.8 cm³/mol. The summed E-state index contributed by atoms with van der Waals surface area (Å²) in [6.45, 7) is -0.00852. The number of nitrogens with zero attached hydrogens (tertiary/aromatic N) is 2. The minimum Gasteiger partial charge on any atom is -0.481 e. The fourth-order valence-corrected chi connectivity index (χ4v) is 2.24. The van der Waals surface area contributed by atoms with E-state index in [1.807, 2.05) is 0 Å². The number of carbonyl (C=O) groups excluding carboxylic acids is 2. The summed E-state index contributed by atoms with van der Waals surface area (Å²) in [6, 6.07) is 3.86. The van der Waals surface area contributed by atoms with Crippen molar-refractivity contribution in [2.24, 2.45) is 5.92 Å². The van der Waals surface area contributed by atoms with Gasteiger partial charge in [0.15, 0.2) is 0 Å². The molecule has 1 saturated heterocycles. The Bertz CT molecular complexity index is 698. The second kappa shape index (κ2) is 6.94. The maximum atomic E-state index is 11.9. The van der Waals surface area contributed by atoms with E-state index in [1.165, 1.54) is 19.2 Å². The average Bonchev–Trinajstić information content (AvgIpc) is 2.50. The third kappa shape index (κ3) is 3.59. The minimum atomic E-state index is -0.951. The Hall–Kier alpha value is -3.17. The van der Waals surface area contributed by atoms with Gasteiger partial charge in [-0.25, -0.2) is 0 Å². The number of nitro benzene ring substituents is 1. The molecule has 1 heterocycles. The van der Waals surface area contributed by atoms with Crippen LogP contribution in [0.2, 0.25) is 0 Å². The molecule has 2 N–H and O–H groups in total. The van der Waals surface area contributed by atoms with Crippen LogP contribution in [0.3, 0.4) is 0 Å². The molecule has 10 nitrogen and oxygen atoms in total. The summed E-state index contributed by atoms with van der Waals surface area (Å²) in [5, 5.41) is 22.4. The molecule has 10 heteroatoms. The van der Waals surface area contributed by atoms with Crippen LogP contribution in [0.4, 0.5) is 11.4 Å². The number of anilines is 1. The van der Waals surface area contributed by atoms with Gasteiger partial charge in [0, 0.05) is 24.7 Å². The van der Waals surface area contributed by atoms with Crippen LogP contribution >= 0.6 is 0 Å². The molecule has 0 bridgehead atoms. The third-order valence-electron chi connectivity index (χ3n) is 3.63. The number of benzene rings is 1. The first kappa shape index (κ1) is 17.2. The molecule has 0 aliphatic carbocycles. The van der Waals surface area contributed by atoms with Crippen LogP contribution in [-0.4, -0.2) is 54.6 Å². The summed E-state index contributed by atoms with van der Waals surface area (Å²) in [5.41, 5.74) is -0.0313. The third-order valence-corrected chi connectivity index (χ3v) is 3.63. The number of methoxy groups -OCH3 is 1. The summed E-state index contributed by atoms with van der Waals surface area (Å²) in [6.07, 6.45) is 0. The molecule has 0 radical (unpaired) electrons. The Labute approximate surface area is 136 Å². The van der Waals surface area contributed by atoms with E-state index in [9.17, 15) is 24.5 Å². The number of carbonyl (C=O) groups is 3. The first-order valence-electron chi connectivity index (χ1n) is 6.94. The van der Waals surface area contributed by atoms with Crippen LogP contribution in [-0.2, 0) is 14.3 Å². The van der Waals surface area contributed by atoms with Crippen LogP contribution in [0.1, 0.15) is 10.4 Å². The number of hydrogen-bond acceptors (Lipinski definition) is 7. The SMILES string of the molecule is COC(=O)CNC(=O)c1ccc(N2CC(C(=O)O)C2)c([N+](=O)[O-])c1. The van der Waals surface area contributed by atoms with E-state index in [1.54, 1.807) is 4.90 Å². The van der Waals surface area contributed by atoms with Gasteiger partial charge < -0.3 is 20.1 Å². The Morgan fingerprint density at radius 1 is 1.42 bits per heavy atom. The van der Waals surface area contributed by atoms with E-state index >= 15 is 0 Å². The summed E-state index contributed by atoms with van der Waals surface area (Å²) in [5.74, 6) is -2.81. The van der Waals surface area contributed by atoms with Crippen molar-refractivity contribution in [3.63, 3.8) is 0 Å². The van der Waals surface area contributed by atoms with Crippen molar-refractivity contribution in [2.45, 2.75) is 0 Å². The maximum Gasteiger partial charge on any atom is 0.325 e. The molecule has 1 aromatic carbocycles. The van der Waals surface area contributed by atoms with Gasteiger partial charge in [0.25, 0.3) is 11.6 Å². The maximum absolute atomic E-state index is 11.9. The molecule has 2 rings (SSSR count). The Balaban J connectivity index is 2.15. The lowest BCUT2D eigenvalue weighted by Crippen LogP contribution is -2.50. The minimum absolute atomic E-state index is 0.0182. The van der Waals surface area contributed by atoms with Gasteiger partial charge in [0.1, 0.15) is 12.2 Å². The summed E-state index contributed by atoms with van der Waals surface area (Å²) < 4.78 is 4.38. The molecule has 1 aliphatic rings. The normalized spacial score (nSPS) is 13.8. The zero-order chi connectivity index (χ0) is 17.9. The number of hydrogen-bond donors (Lipinski definition) is 2. The van der Waals surface area contributed by atoms with Crippen molar-refractivity contribution < 1.29 is 29.2 Å². The Morgan fingerprint density at radius 3 is 2.62 bits per heavy atom. The van der Waals surface area contributed by atoms with Crippen molar-refractivity contribution in [3.8, 4) is 0 Å². The number of amides is 1. The lowest BCUT2D eigenvalue weighted by Gasteiger charge is -2.38. The van der Waals surface area contributed by atoms with Crippen molar-refractivity contribution in [1.82, 2.24) is 5.32 Å². The molecule has 0 aromatic heterocycles. The molecule has 0 atom stereocenters. The van der Waals surface area contributed by atoms with Crippen molar-refractivity contribution >= 4 is 29.2 Å². The molecule has 1 aliphatic heterocycles. The average molecular weight is 337 g/mol. The van der Waals surface area contributed by atoms with Crippen LogP contribution in [0.25, 0.3) is 0 Å². The number of carboxylic acids is 1. The second-order valence-electron chi connectivity index (χ2n) is 5.16. The van der Waals surface area contributed by atoms with E-state index in [4.69, 9.17) is 5.11 Å². The molecule has 128 valence electrons. The topological polar surface area (TPSA) is 139 Å². The van der Waals surface area contributed by atoms with Crippen LogP contribution in [0, 0.1) is 16.0 Å². The highest BCUT2D eigenvalue weighted by Gasteiger charge is 2.36. The highest BCUT2D eigenvalue weighted by atomic mass is 16.6. The van der Waals surface area contributed by atoms with Gasteiger partial charge in [-0.3, -0.25) is 24.5 Å². The number of aliphatic carboxylic acids is 1. The van der Waals surface area contributed by atoms with Gasteiger partial charge in [-0.2, -0.15) is 0 Å². The Kier molecular flexibility index (Phi) is 4.97. The smallest absolute Gasteiger partial charge is 0.325 e. The summed E-state index contributed by atoms with van der Waals surface area (Å²) in [7, 11) is 1.17. The van der Waals surface area contributed by atoms with E-state index in [2.05, 4.69) is 10.1 Å². The molecular weight excluding hydrogens is 322 g/mol. The standard InChI is InChI=1S/C14H15N3O7/c1-24-12(18)5-15-13(19)8-2-3-10(11(4-8)17(22)23)16-6-9(7-16)14(20)21/h2-4,9H,5-7H2,1H3,(H,15,19)(H,20,21). The number of ether oxygens (including phenoxy) is 1. The fourth-order valence-electron chi connectivity index (χ4n) is 2.24. The van der Waals surface area contributed by atoms with Crippen LogP contribution in [0.15, 0.2) is 18.2 Å². The van der Waals surface area contributed by atoms with Crippen LogP contribution in [0.5, 0.6) is 0 Å². The van der Waals surface area contributed by atoms with Gasteiger partial charge in [-0.15, -0.1) is 0 Å². The van der Waals surface area contributed by atoms with Crippen molar-refractivity contribution in [1.29, 1.82) is 0 Å². The number of nitro groups is 1. The van der Waals surface area contributed by atoms with E-state index in [-0.39, 0.29) is 36.6 Å². The molecule has 1 aromatic rings. The van der Waals surface area contributed by atoms with Gasteiger partial charge in [0.2, 0.25) is 0 Å². The van der Waals surface area contributed by atoms with E-state index < -0.39 is 28.7 Å². The summed E-state index contributed by atoms with van der Waals surface area (Å²) in [4.78, 5) is 45.9. The van der Waals surface area contributed by atoms with Gasteiger partial charge in [-0.1, -0.05) is 0 Å². The molecule has 1 fully saturated rings. The van der Waals surface area contributed by atoms with Crippen LogP contribution < -0.4 is 10.2 Å². The van der Waals surface area contributed by atoms with Gasteiger partial charge in [-0.05, 0) is 12.1 Å². The number of nitrogens with one attached hydrogen (secondary N) is 1. The lowest BCUT2D eigenvalue weighted by atomic mass is 9.98. The molecule has 0 unspecified atom stereocenters. The van der Waals surface area contributed by atoms with Crippen molar-refractivity contribution in [2.75, 3.05) is 31.6 Å². The van der Waals surface area contributed by atoms with Crippen molar-refractivity contribution in [3.05, 3.63) is 33.9 Å². The number of rotatable bonds is 6. The zero-order valence-electron chi connectivity index (χ0n) is 12.7. The van der Waals surface area contributed by atoms with Gasteiger partial charge >= 0.3 is 11.9 Å². The summed E-state index contributed by atoms with van der Waals surface area (Å²) >= 11 is 0.